The third-order valence-electron chi connectivity index (χ3n) is 3.66. The number of nitrogens with zero attached hydrogens (tertiary/aromatic N) is 2. The summed E-state index contributed by atoms with van der Waals surface area (Å²) in [6, 6.07) is 12.0. The number of methoxy groups -OCH3 is 1. The number of fused-ring (bicyclic) bond motifs is 1. The van der Waals surface area contributed by atoms with Gasteiger partial charge >= 0.3 is 0 Å². The number of hydrogen-bond donors (Lipinski definition) is 1. The van der Waals surface area contributed by atoms with E-state index in [1.165, 1.54) is 10.9 Å². The zero-order valence-corrected chi connectivity index (χ0v) is 13.2. The van der Waals surface area contributed by atoms with Crippen molar-refractivity contribution in [3.8, 4) is 5.75 Å². The van der Waals surface area contributed by atoms with E-state index in [1.807, 2.05) is 0 Å². The molecule has 0 fully saturated rings. The lowest BCUT2D eigenvalue weighted by molar-refractivity contribution is 0.155. The average Bonchev–Trinajstić information content (AvgIpc) is 2.57. The van der Waals surface area contributed by atoms with Crippen molar-refractivity contribution in [2.24, 2.45) is 0 Å². The summed E-state index contributed by atoms with van der Waals surface area (Å²) in [4.78, 5) is 16.8. The lowest BCUT2D eigenvalue weighted by Crippen LogP contribution is -2.23. The Labute approximate surface area is 137 Å². The van der Waals surface area contributed by atoms with E-state index >= 15 is 0 Å². The molecule has 1 heterocycles. The molecular weight excluding hydrogens is 316 g/mol. The summed E-state index contributed by atoms with van der Waals surface area (Å²) in [6.07, 6.45) is 0.617. The molecule has 2 aromatic carbocycles. The lowest BCUT2D eigenvalue weighted by Gasteiger charge is -2.13. The number of ether oxygens (including phenoxy) is 1. The highest BCUT2D eigenvalue weighted by molar-refractivity contribution is 6.30. The minimum atomic E-state index is -0.817. The van der Waals surface area contributed by atoms with E-state index in [0.29, 0.717) is 27.2 Å². The molecule has 0 radical (unpaired) electrons. The zero-order valence-electron chi connectivity index (χ0n) is 12.4. The first kappa shape index (κ1) is 15.5. The van der Waals surface area contributed by atoms with E-state index in [9.17, 15) is 9.90 Å². The highest BCUT2D eigenvalue weighted by atomic mass is 35.5. The number of aliphatic hydroxyl groups excluding tert-OH is 1. The Hall–Kier alpha value is -2.37. The van der Waals surface area contributed by atoms with E-state index in [0.717, 1.165) is 0 Å². The van der Waals surface area contributed by atoms with Gasteiger partial charge in [0.25, 0.3) is 5.56 Å². The van der Waals surface area contributed by atoms with Crippen molar-refractivity contribution < 1.29 is 9.84 Å². The van der Waals surface area contributed by atoms with Crippen LogP contribution in [0, 0.1) is 0 Å². The molecule has 0 aliphatic carbocycles. The SMILES string of the molecule is COc1ccc2c(=O)n(CC(O)c3ccc(Cl)cc3)cnc2c1. The lowest BCUT2D eigenvalue weighted by atomic mass is 10.1. The van der Waals surface area contributed by atoms with Crippen LogP contribution in [0.15, 0.2) is 53.6 Å². The molecule has 0 amide bonds. The van der Waals surface area contributed by atoms with Gasteiger partial charge in [-0.1, -0.05) is 23.7 Å². The summed E-state index contributed by atoms with van der Waals surface area (Å²) < 4.78 is 6.52. The van der Waals surface area contributed by atoms with Crippen molar-refractivity contribution in [3.05, 3.63) is 69.7 Å². The quantitative estimate of drug-likeness (QED) is 0.799. The molecular formula is C17H15ClN2O3. The summed E-state index contributed by atoms with van der Waals surface area (Å²) in [5, 5.41) is 11.4. The molecule has 5 nitrogen and oxygen atoms in total. The van der Waals surface area contributed by atoms with E-state index in [2.05, 4.69) is 4.98 Å². The van der Waals surface area contributed by atoms with Gasteiger partial charge in [-0.2, -0.15) is 0 Å². The van der Waals surface area contributed by atoms with Crippen LogP contribution in [0.25, 0.3) is 10.9 Å². The Kier molecular flexibility index (Phi) is 4.32. The minimum Gasteiger partial charge on any atom is -0.497 e. The maximum atomic E-state index is 12.5. The second-order valence-electron chi connectivity index (χ2n) is 5.15. The second kappa shape index (κ2) is 6.40. The molecule has 0 saturated carbocycles. The monoisotopic (exact) mass is 330 g/mol. The van der Waals surface area contributed by atoms with Gasteiger partial charge in [0, 0.05) is 11.1 Å². The van der Waals surface area contributed by atoms with E-state index in [-0.39, 0.29) is 12.1 Å². The third-order valence-corrected chi connectivity index (χ3v) is 3.91. The fourth-order valence-corrected chi connectivity index (χ4v) is 2.50. The van der Waals surface area contributed by atoms with Gasteiger partial charge in [-0.3, -0.25) is 9.36 Å². The Balaban J connectivity index is 1.92. The van der Waals surface area contributed by atoms with Gasteiger partial charge in [0.05, 0.1) is 37.0 Å². The number of hydrogen-bond acceptors (Lipinski definition) is 4. The van der Waals surface area contributed by atoms with E-state index in [1.54, 1.807) is 49.6 Å². The summed E-state index contributed by atoms with van der Waals surface area (Å²) in [5.41, 5.74) is 1.05. The van der Waals surface area contributed by atoms with E-state index in [4.69, 9.17) is 16.3 Å². The number of rotatable bonds is 4. The van der Waals surface area contributed by atoms with Crippen molar-refractivity contribution in [2.45, 2.75) is 12.6 Å². The molecule has 23 heavy (non-hydrogen) atoms. The van der Waals surface area contributed by atoms with Crippen LogP contribution < -0.4 is 10.3 Å². The summed E-state index contributed by atoms with van der Waals surface area (Å²) >= 11 is 5.83. The molecule has 0 aliphatic rings. The third kappa shape index (κ3) is 3.21. The molecule has 1 atom stereocenters. The molecule has 3 aromatic rings. The standard InChI is InChI=1S/C17H15ClN2O3/c1-23-13-6-7-14-15(8-13)19-10-20(17(14)22)9-16(21)11-2-4-12(18)5-3-11/h2-8,10,16,21H,9H2,1H3. The molecule has 1 unspecified atom stereocenters. The molecule has 0 saturated heterocycles. The van der Waals surface area contributed by atoms with Gasteiger partial charge in [0.15, 0.2) is 0 Å². The van der Waals surface area contributed by atoms with Gasteiger partial charge < -0.3 is 9.84 Å². The molecule has 1 N–H and O–H groups in total. The maximum absolute atomic E-state index is 12.5. The summed E-state index contributed by atoms with van der Waals surface area (Å²) in [7, 11) is 1.56. The van der Waals surface area contributed by atoms with Crippen molar-refractivity contribution in [1.82, 2.24) is 9.55 Å². The first-order valence-electron chi connectivity index (χ1n) is 7.05. The fraction of sp³-hybridized carbons (Fsp3) is 0.176. The smallest absolute Gasteiger partial charge is 0.261 e. The molecule has 0 aliphatic heterocycles. The van der Waals surface area contributed by atoms with Gasteiger partial charge in [0.1, 0.15) is 5.75 Å². The predicted molar refractivity (Wildman–Crippen MR) is 89.0 cm³/mol. The van der Waals surface area contributed by atoms with Gasteiger partial charge in [-0.25, -0.2) is 4.98 Å². The van der Waals surface area contributed by atoms with E-state index < -0.39 is 6.10 Å². The van der Waals surface area contributed by atoms with Crippen LogP contribution in [0.3, 0.4) is 0 Å². The normalized spacial score (nSPS) is 12.3. The average molecular weight is 331 g/mol. The number of benzene rings is 2. The number of aromatic nitrogens is 2. The van der Waals surface area contributed by atoms with Crippen molar-refractivity contribution in [3.63, 3.8) is 0 Å². The first-order valence-corrected chi connectivity index (χ1v) is 7.43. The number of halogens is 1. The largest absolute Gasteiger partial charge is 0.497 e. The minimum absolute atomic E-state index is 0.120. The molecule has 1 aromatic heterocycles. The van der Waals surface area contributed by atoms with Crippen LogP contribution in [0.4, 0.5) is 0 Å². The number of aliphatic hydroxyl groups is 1. The molecule has 3 rings (SSSR count). The Morgan fingerprint density at radius 2 is 2.00 bits per heavy atom. The second-order valence-corrected chi connectivity index (χ2v) is 5.59. The Bertz CT molecular complexity index is 890. The zero-order chi connectivity index (χ0) is 16.4. The van der Waals surface area contributed by atoms with Crippen molar-refractivity contribution >= 4 is 22.5 Å². The highest BCUT2D eigenvalue weighted by Crippen LogP contribution is 2.19. The van der Waals surface area contributed by atoms with Crippen LogP contribution in [0.2, 0.25) is 5.02 Å². The summed E-state index contributed by atoms with van der Waals surface area (Å²) in [6.45, 7) is 0.120. The van der Waals surface area contributed by atoms with Crippen molar-refractivity contribution in [1.29, 1.82) is 0 Å². The first-order chi connectivity index (χ1) is 11.1. The molecule has 0 spiro atoms. The van der Waals surface area contributed by atoms with Crippen LogP contribution in [-0.4, -0.2) is 21.8 Å². The van der Waals surface area contributed by atoms with Gasteiger partial charge in [-0.15, -0.1) is 0 Å². The van der Waals surface area contributed by atoms with Crippen molar-refractivity contribution in [2.75, 3.05) is 7.11 Å². The molecule has 6 heteroatoms. The van der Waals surface area contributed by atoms with Gasteiger partial charge in [0.2, 0.25) is 0 Å². The Morgan fingerprint density at radius 3 is 2.70 bits per heavy atom. The Morgan fingerprint density at radius 1 is 1.26 bits per heavy atom. The highest BCUT2D eigenvalue weighted by Gasteiger charge is 2.11. The topological polar surface area (TPSA) is 64.3 Å². The van der Waals surface area contributed by atoms with Crippen LogP contribution >= 0.6 is 11.6 Å². The van der Waals surface area contributed by atoms with Crippen LogP contribution in [0.1, 0.15) is 11.7 Å². The fourth-order valence-electron chi connectivity index (χ4n) is 2.37. The molecule has 0 bridgehead atoms. The van der Waals surface area contributed by atoms with Crippen LogP contribution in [0.5, 0.6) is 5.75 Å². The summed E-state index contributed by atoms with van der Waals surface area (Å²) in [5.74, 6) is 0.642. The molecule has 118 valence electrons. The maximum Gasteiger partial charge on any atom is 0.261 e. The van der Waals surface area contributed by atoms with Gasteiger partial charge in [-0.05, 0) is 29.8 Å². The van der Waals surface area contributed by atoms with Crippen LogP contribution in [-0.2, 0) is 6.54 Å². The predicted octanol–water partition coefficient (Wildman–Crippen LogP) is 2.79.